The average molecular weight is 421 g/mol. The van der Waals surface area contributed by atoms with Crippen molar-refractivity contribution in [3.63, 3.8) is 0 Å². The summed E-state index contributed by atoms with van der Waals surface area (Å²) < 4.78 is 1.89. The highest BCUT2D eigenvalue weighted by molar-refractivity contribution is 5.78. The molecule has 2 aliphatic rings. The summed E-state index contributed by atoms with van der Waals surface area (Å²) in [7, 11) is 0. The van der Waals surface area contributed by atoms with Crippen molar-refractivity contribution in [3.05, 3.63) is 59.1 Å². The Morgan fingerprint density at radius 1 is 0.968 bits per heavy atom. The minimum Gasteiger partial charge on any atom is -0.353 e. The highest BCUT2D eigenvalue weighted by Crippen LogP contribution is 2.25. The predicted octanol–water partition coefficient (Wildman–Crippen LogP) is 1.71. The van der Waals surface area contributed by atoms with E-state index in [-0.39, 0.29) is 17.6 Å². The van der Waals surface area contributed by atoms with Crippen molar-refractivity contribution < 1.29 is 4.79 Å². The Bertz CT molecular complexity index is 1090. The molecule has 5 rings (SSSR count). The summed E-state index contributed by atoms with van der Waals surface area (Å²) in [5, 5.41) is 0. The average Bonchev–Trinajstić information content (AvgIpc) is 3.16. The molecule has 0 bridgehead atoms. The lowest BCUT2D eigenvalue weighted by Gasteiger charge is -2.37. The number of aromatic amines is 1. The molecule has 2 saturated heterocycles. The Balaban J connectivity index is 1.14. The van der Waals surface area contributed by atoms with Crippen LogP contribution in [0.5, 0.6) is 0 Å². The maximum atomic E-state index is 12.8. The molecular formula is C23H28N6O2. The first-order chi connectivity index (χ1) is 15.2. The molecule has 8 nitrogen and oxygen atoms in total. The van der Waals surface area contributed by atoms with Crippen LogP contribution in [-0.2, 0) is 4.79 Å². The molecule has 2 fully saturated rings. The first kappa shape index (κ1) is 19.8. The highest BCUT2D eigenvalue weighted by atomic mass is 16.2. The lowest BCUT2D eigenvalue weighted by Crippen LogP contribution is -2.52. The summed E-state index contributed by atoms with van der Waals surface area (Å²) in [4.78, 5) is 39.1. The molecule has 2 aromatic heterocycles. The van der Waals surface area contributed by atoms with E-state index in [2.05, 4.69) is 19.8 Å². The van der Waals surface area contributed by atoms with Gasteiger partial charge in [-0.15, -0.1) is 0 Å². The van der Waals surface area contributed by atoms with Crippen LogP contribution in [0.15, 0.2) is 53.5 Å². The second-order valence-electron chi connectivity index (χ2n) is 8.38. The second-order valence-corrected chi connectivity index (χ2v) is 8.38. The standard InChI is InChI=1S/C23H28N6O2/c30-22(28-15-13-27(14-16-28)21-7-3-4-10-24-21)17-26-11-8-18(9-12-26)29-20-6-2-1-5-19(20)25-23(29)31/h1-7,10,18H,8-9,11-17H2,(H,25,31). The molecule has 0 atom stereocenters. The number of pyridine rings is 1. The van der Waals surface area contributed by atoms with E-state index < -0.39 is 0 Å². The van der Waals surface area contributed by atoms with Gasteiger partial charge in [0.05, 0.1) is 17.6 Å². The van der Waals surface area contributed by atoms with Crippen molar-refractivity contribution in [2.75, 3.05) is 50.7 Å². The SMILES string of the molecule is O=C(CN1CCC(n2c(=O)[nH]c3ccccc32)CC1)N1CCN(c2ccccn2)CC1. The Labute approximate surface area is 181 Å². The van der Waals surface area contributed by atoms with E-state index in [1.54, 1.807) is 6.20 Å². The van der Waals surface area contributed by atoms with Crippen molar-refractivity contribution in [3.8, 4) is 0 Å². The number of piperazine rings is 1. The van der Waals surface area contributed by atoms with Crippen molar-refractivity contribution in [1.29, 1.82) is 0 Å². The number of hydrogen-bond donors (Lipinski definition) is 1. The van der Waals surface area contributed by atoms with Crippen LogP contribution in [0.4, 0.5) is 5.82 Å². The number of para-hydroxylation sites is 2. The largest absolute Gasteiger partial charge is 0.353 e. The van der Waals surface area contributed by atoms with E-state index in [4.69, 9.17) is 0 Å². The van der Waals surface area contributed by atoms with Crippen LogP contribution in [0, 0.1) is 0 Å². The number of nitrogens with zero attached hydrogens (tertiary/aromatic N) is 5. The van der Waals surface area contributed by atoms with Crippen LogP contribution in [0.2, 0.25) is 0 Å². The van der Waals surface area contributed by atoms with Crippen molar-refractivity contribution >= 4 is 22.8 Å². The number of aromatic nitrogens is 3. The molecule has 8 heteroatoms. The number of hydrogen-bond acceptors (Lipinski definition) is 5. The maximum absolute atomic E-state index is 12.8. The monoisotopic (exact) mass is 420 g/mol. The molecule has 0 saturated carbocycles. The van der Waals surface area contributed by atoms with Crippen LogP contribution in [0.1, 0.15) is 18.9 Å². The summed E-state index contributed by atoms with van der Waals surface area (Å²) in [5.41, 5.74) is 1.81. The molecule has 0 aliphatic carbocycles. The molecule has 31 heavy (non-hydrogen) atoms. The molecule has 162 valence electrons. The number of piperidine rings is 1. The van der Waals surface area contributed by atoms with Gasteiger partial charge in [0.2, 0.25) is 5.91 Å². The Hall–Kier alpha value is -3.13. The summed E-state index contributed by atoms with van der Waals surface area (Å²) in [6.07, 6.45) is 3.56. The minimum atomic E-state index is -0.0403. The van der Waals surface area contributed by atoms with Gasteiger partial charge < -0.3 is 14.8 Å². The number of anilines is 1. The van der Waals surface area contributed by atoms with Gasteiger partial charge in [0.15, 0.2) is 0 Å². The topological polar surface area (TPSA) is 77.5 Å². The quantitative estimate of drug-likeness (QED) is 0.695. The van der Waals surface area contributed by atoms with Gasteiger partial charge in [-0.2, -0.15) is 0 Å². The molecule has 1 aromatic carbocycles. The second kappa shape index (κ2) is 8.55. The van der Waals surface area contributed by atoms with Gasteiger partial charge in [-0.05, 0) is 37.1 Å². The van der Waals surface area contributed by atoms with Gasteiger partial charge in [0.25, 0.3) is 0 Å². The number of H-pyrrole nitrogens is 1. The van der Waals surface area contributed by atoms with Gasteiger partial charge >= 0.3 is 5.69 Å². The molecule has 0 unspecified atom stereocenters. The summed E-state index contributed by atoms with van der Waals surface area (Å²) in [6.45, 7) is 5.21. The third kappa shape index (κ3) is 4.07. The summed E-state index contributed by atoms with van der Waals surface area (Å²) >= 11 is 0. The number of likely N-dealkylation sites (tertiary alicyclic amines) is 1. The highest BCUT2D eigenvalue weighted by Gasteiger charge is 2.27. The van der Waals surface area contributed by atoms with E-state index in [1.807, 2.05) is 51.9 Å². The Morgan fingerprint density at radius 2 is 1.71 bits per heavy atom. The Kier molecular flexibility index (Phi) is 5.46. The molecule has 1 amide bonds. The van der Waals surface area contributed by atoms with Gasteiger partial charge in [-0.25, -0.2) is 9.78 Å². The first-order valence-electron chi connectivity index (χ1n) is 11.0. The molecule has 3 aromatic rings. The fourth-order valence-electron chi connectivity index (χ4n) is 4.79. The van der Waals surface area contributed by atoms with E-state index in [0.717, 1.165) is 69.0 Å². The number of carbonyl (C=O) groups is 1. The lowest BCUT2D eigenvalue weighted by molar-refractivity contribution is -0.133. The number of fused-ring (bicyclic) bond motifs is 1. The van der Waals surface area contributed by atoms with Crippen molar-refractivity contribution in [2.24, 2.45) is 0 Å². The lowest BCUT2D eigenvalue weighted by atomic mass is 10.0. The third-order valence-corrected chi connectivity index (χ3v) is 6.51. The van der Waals surface area contributed by atoms with Gasteiger partial charge in [-0.3, -0.25) is 14.3 Å². The van der Waals surface area contributed by atoms with Gasteiger partial charge in [0.1, 0.15) is 5.82 Å². The maximum Gasteiger partial charge on any atom is 0.326 e. The minimum absolute atomic E-state index is 0.0403. The number of rotatable bonds is 4. The van der Waals surface area contributed by atoms with Crippen LogP contribution < -0.4 is 10.6 Å². The fraction of sp³-hybridized carbons (Fsp3) is 0.435. The molecule has 1 N–H and O–H groups in total. The zero-order valence-corrected chi connectivity index (χ0v) is 17.6. The van der Waals surface area contributed by atoms with Crippen LogP contribution in [0.3, 0.4) is 0 Å². The van der Waals surface area contributed by atoms with Crippen LogP contribution in [0.25, 0.3) is 11.0 Å². The number of nitrogens with one attached hydrogen (secondary N) is 1. The van der Waals surface area contributed by atoms with Crippen LogP contribution in [-0.4, -0.2) is 76.1 Å². The zero-order chi connectivity index (χ0) is 21.2. The molecule has 2 aliphatic heterocycles. The number of imidazole rings is 1. The Morgan fingerprint density at radius 3 is 2.45 bits per heavy atom. The van der Waals surface area contributed by atoms with Gasteiger partial charge in [0, 0.05) is 51.5 Å². The molecule has 4 heterocycles. The molecule has 0 radical (unpaired) electrons. The third-order valence-electron chi connectivity index (χ3n) is 6.51. The van der Waals surface area contributed by atoms with E-state index in [9.17, 15) is 9.59 Å². The summed E-state index contributed by atoms with van der Waals surface area (Å²) in [5.74, 6) is 1.17. The number of amides is 1. The zero-order valence-electron chi connectivity index (χ0n) is 17.6. The predicted molar refractivity (Wildman–Crippen MR) is 120 cm³/mol. The molecule has 0 spiro atoms. The number of benzene rings is 1. The van der Waals surface area contributed by atoms with E-state index in [1.165, 1.54) is 0 Å². The normalized spacial score (nSPS) is 18.6. The van der Waals surface area contributed by atoms with E-state index >= 15 is 0 Å². The smallest absolute Gasteiger partial charge is 0.326 e. The van der Waals surface area contributed by atoms with Gasteiger partial charge in [-0.1, -0.05) is 18.2 Å². The fourth-order valence-corrected chi connectivity index (χ4v) is 4.79. The summed E-state index contributed by atoms with van der Waals surface area (Å²) in [6, 6.07) is 13.9. The van der Waals surface area contributed by atoms with Crippen molar-refractivity contribution in [1.82, 2.24) is 24.3 Å². The first-order valence-corrected chi connectivity index (χ1v) is 11.0. The van der Waals surface area contributed by atoms with Crippen molar-refractivity contribution in [2.45, 2.75) is 18.9 Å². The number of carbonyl (C=O) groups excluding carboxylic acids is 1. The van der Waals surface area contributed by atoms with Crippen LogP contribution >= 0.6 is 0 Å². The van der Waals surface area contributed by atoms with E-state index in [0.29, 0.717) is 6.54 Å². The molecular weight excluding hydrogens is 392 g/mol.